The summed E-state index contributed by atoms with van der Waals surface area (Å²) in [5.41, 5.74) is -1.34. The Morgan fingerprint density at radius 3 is 2.12 bits per heavy atom. The number of ketones is 1. The van der Waals surface area contributed by atoms with E-state index in [1.165, 1.54) is 13.8 Å². The average molecular weight is 332 g/mol. The molecule has 8 unspecified atom stereocenters. The second-order valence-electron chi connectivity index (χ2n) is 9.74. The molecular weight excluding hydrogens is 308 g/mol. The molecule has 130 valence electrons. The van der Waals surface area contributed by atoms with Crippen LogP contribution in [0.5, 0.6) is 0 Å². The van der Waals surface area contributed by atoms with E-state index in [1.807, 2.05) is 0 Å². The minimum absolute atomic E-state index is 0.0265. The first-order valence-electron chi connectivity index (χ1n) is 8.88. The number of carbonyl (C=O) groups is 3. The first kappa shape index (κ1) is 14.9. The number of carbonyl (C=O) groups excluding carboxylic acids is 3. The number of hydrogen-bond acceptors (Lipinski definition) is 5. The van der Waals surface area contributed by atoms with Crippen LogP contribution in [0.1, 0.15) is 41.5 Å². The molecule has 5 heteroatoms. The summed E-state index contributed by atoms with van der Waals surface area (Å²) in [6, 6.07) is 0. The molecule has 7 aliphatic carbocycles. The fourth-order valence-electron chi connectivity index (χ4n) is 9.03. The van der Waals surface area contributed by atoms with Crippen molar-refractivity contribution >= 4 is 17.7 Å². The Kier molecular flexibility index (Phi) is 2.14. The average Bonchev–Trinajstić information content (AvgIpc) is 2.54. The van der Waals surface area contributed by atoms with Crippen LogP contribution >= 0.6 is 0 Å². The van der Waals surface area contributed by atoms with E-state index in [-0.39, 0.29) is 57.8 Å². The van der Waals surface area contributed by atoms with Crippen molar-refractivity contribution in [2.45, 2.75) is 53.2 Å². The summed E-state index contributed by atoms with van der Waals surface area (Å²) in [6.07, 6.45) is -0.476. The van der Waals surface area contributed by atoms with Gasteiger partial charge in [-0.1, -0.05) is 27.7 Å². The van der Waals surface area contributed by atoms with Gasteiger partial charge in [-0.2, -0.15) is 0 Å². The van der Waals surface area contributed by atoms with Crippen molar-refractivity contribution in [3.63, 3.8) is 0 Å². The van der Waals surface area contributed by atoms with Crippen molar-refractivity contribution in [2.24, 2.45) is 45.8 Å². The summed E-state index contributed by atoms with van der Waals surface area (Å²) in [7, 11) is 0. The second kappa shape index (κ2) is 3.45. The molecule has 7 aliphatic rings. The van der Waals surface area contributed by atoms with Gasteiger partial charge in [-0.15, -0.1) is 0 Å². The highest BCUT2D eigenvalue weighted by Gasteiger charge is 3.04. The molecule has 0 saturated heterocycles. The monoisotopic (exact) mass is 332 g/mol. The smallest absolute Gasteiger partial charge is 0.303 e. The Morgan fingerprint density at radius 2 is 1.62 bits per heavy atom. The number of esters is 2. The number of Topliss-reactive ketones (excluding diaryl/α,β-unsaturated/α-hetero) is 1. The molecule has 24 heavy (non-hydrogen) atoms. The molecule has 8 bridgehead atoms. The largest absolute Gasteiger partial charge is 0.458 e. The van der Waals surface area contributed by atoms with Crippen molar-refractivity contribution < 1.29 is 23.9 Å². The third kappa shape index (κ3) is 0.987. The van der Waals surface area contributed by atoms with Crippen LogP contribution in [0.4, 0.5) is 0 Å². The minimum atomic E-state index is -0.747. The van der Waals surface area contributed by atoms with Gasteiger partial charge in [-0.05, 0) is 16.7 Å². The van der Waals surface area contributed by atoms with Crippen LogP contribution in [0, 0.1) is 45.8 Å². The number of ether oxygens (including phenoxy) is 2. The van der Waals surface area contributed by atoms with Gasteiger partial charge in [0, 0.05) is 42.9 Å². The molecule has 0 heterocycles. The summed E-state index contributed by atoms with van der Waals surface area (Å²) in [5.74, 6) is 0.162. The summed E-state index contributed by atoms with van der Waals surface area (Å²) in [6.45, 7) is 11.3. The highest BCUT2D eigenvalue weighted by molar-refractivity contribution is 5.98. The first-order chi connectivity index (χ1) is 11.0. The predicted molar refractivity (Wildman–Crippen MR) is 82.5 cm³/mol. The van der Waals surface area contributed by atoms with E-state index >= 15 is 0 Å². The Morgan fingerprint density at radius 1 is 1.00 bits per heavy atom. The van der Waals surface area contributed by atoms with Crippen molar-refractivity contribution in [1.82, 2.24) is 0 Å². The second-order valence-corrected chi connectivity index (χ2v) is 9.74. The zero-order valence-electron chi connectivity index (χ0n) is 15.0. The molecule has 5 nitrogen and oxygen atoms in total. The lowest BCUT2D eigenvalue weighted by molar-refractivity contribution is -0.460. The molecule has 0 spiro atoms. The van der Waals surface area contributed by atoms with Crippen LogP contribution in [0.3, 0.4) is 0 Å². The van der Waals surface area contributed by atoms with Crippen molar-refractivity contribution in [2.75, 3.05) is 0 Å². The van der Waals surface area contributed by atoms with E-state index in [4.69, 9.17) is 9.47 Å². The van der Waals surface area contributed by atoms with E-state index in [0.29, 0.717) is 5.78 Å². The molecule has 0 aromatic carbocycles. The van der Waals surface area contributed by atoms with E-state index in [0.717, 1.165) is 0 Å². The van der Waals surface area contributed by atoms with Gasteiger partial charge in [0.05, 0.1) is 0 Å². The van der Waals surface area contributed by atoms with Crippen molar-refractivity contribution in [1.29, 1.82) is 0 Å². The molecule has 7 rings (SSSR count). The molecule has 7 saturated carbocycles. The maximum atomic E-state index is 12.8. The van der Waals surface area contributed by atoms with Gasteiger partial charge in [0.2, 0.25) is 0 Å². The SMILES string of the molecule is CC(=O)O[C@H]1C(C)(C)C2C3C(=O)C4C3(C)C3C4(C)C2C31OC(C)=O. The first-order valence-corrected chi connectivity index (χ1v) is 8.88. The summed E-state index contributed by atoms with van der Waals surface area (Å²) >= 11 is 0. The lowest BCUT2D eigenvalue weighted by Gasteiger charge is -2.92. The number of hydrogen-bond donors (Lipinski definition) is 0. The highest BCUT2D eigenvalue weighted by Crippen LogP contribution is 2.98. The fourth-order valence-corrected chi connectivity index (χ4v) is 9.03. The molecule has 9 atom stereocenters. The van der Waals surface area contributed by atoms with Gasteiger partial charge in [-0.25, -0.2) is 0 Å². The summed E-state index contributed by atoms with van der Waals surface area (Å²) < 4.78 is 11.8. The molecule has 0 aromatic heterocycles. The Hall–Kier alpha value is -1.39. The maximum absolute atomic E-state index is 12.8. The highest BCUT2D eigenvalue weighted by atomic mass is 16.6. The van der Waals surface area contributed by atoms with Crippen LogP contribution < -0.4 is 0 Å². The lowest BCUT2D eigenvalue weighted by atomic mass is 9.10. The predicted octanol–water partition coefficient (Wildman–Crippen LogP) is 1.98. The van der Waals surface area contributed by atoms with Crippen LogP contribution in [-0.2, 0) is 23.9 Å². The molecular formula is C19H24O5. The third-order valence-corrected chi connectivity index (χ3v) is 8.62. The minimum Gasteiger partial charge on any atom is -0.458 e. The van der Waals surface area contributed by atoms with Gasteiger partial charge in [0.25, 0.3) is 0 Å². The van der Waals surface area contributed by atoms with Crippen LogP contribution in [-0.4, -0.2) is 29.4 Å². The van der Waals surface area contributed by atoms with E-state index in [2.05, 4.69) is 27.7 Å². The standard InChI is InChI=1S/C19H24O5/c1-7(20)23-15-16(3,4)10-9-11(22)13-17(9,5)14-18(13,6)12(10)19(14,15)24-8(2)21/h9-10,12-15H,1-6H3/t9?,10?,12?,13?,14?,15-,17?,18?,19?/m0/s1. The lowest BCUT2D eigenvalue weighted by Crippen LogP contribution is -2.97. The third-order valence-electron chi connectivity index (χ3n) is 8.62. The van der Waals surface area contributed by atoms with Crippen LogP contribution in [0.25, 0.3) is 0 Å². The van der Waals surface area contributed by atoms with Crippen LogP contribution in [0.2, 0.25) is 0 Å². The summed E-state index contributed by atoms with van der Waals surface area (Å²) in [5, 5.41) is 0. The van der Waals surface area contributed by atoms with Gasteiger partial charge in [0.1, 0.15) is 11.9 Å². The maximum Gasteiger partial charge on any atom is 0.303 e. The normalized spacial score (nSPS) is 59.7. The molecule has 0 aromatic rings. The molecule has 0 N–H and O–H groups in total. The van der Waals surface area contributed by atoms with E-state index in [9.17, 15) is 14.4 Å². The molecule has 7 fully saturated rings. The van der Waals surface area contributed by atoms with Gasteiger partial charge >= 0.3 is 11.9 Å². The zero-order chi connectivity index (χ0) is 17.6. The molecule has 0 aliphatic heterocycles. The number of rotatable bonds is 2. The van der Waals surface area contributed by atoms with Gasteiger partial charge in [0.15, 0.2) is 5.60 Å². The Bertz CT molecular complexity index is 730. The molecule has 0 radical (unpaired) electrons. The van der Waals surface area contributed by atoms with Crippen molar-refractivity contribution in [3.05, 3.63) is 0 Å². The van der Waals surface area contributed by atoms with Crippen molar-refractivity contribution in [3.8, 4) is 0 Å². The van der Waals surface area contributed by atoms with Crippen LogP contribution in [0.15, 0.2) is 0 Å². The fraction of sp³-hybridized carbons (Fsp3) is 0.842. The quantitative estimate of drug-likeness (QED) is 0.723. The summed E-state index contributed by atoms with van der Waals surface area (Å²) in [4.78, 5) is 36.5. The topological polar surface area (TPSA) is 69.7 Å². The Labute approximate surface area is 141 Å². The van der Waals surface area contributed by atoms with E-state index < -0.39 is 11.7 Å². The van der Waals surface area contributed by atoms with Gasteiger partial charge in [-0.3, -0.25) is 14.4 Å². The Balaban J connectivity index is 1.73. The van der Waals surface area contributed by atoms with E-state index in [1.54, 1.807) is 0 Å². The molecule has 0 amide bonds. The van der Waals surface area contributed by atoms with Gasteiger partial charge < -0.3 is 9.47 Å². The zero-order valence-corrected chi connectivity index (χ0v) is 15.0.